The van der Waals surface area contributed by atoms with E-state index in [9.17, 15) is 14.3 Å². The van der Waals surface area contributed by atoms with Gasteiger partial charge in [0.1, 0.15) is 10.8 Å². The summed E-state index contributed by atoms with van der Waals surface area (Å²) in [5.74, 6) is -0.511. The van der Waals surface area contributed by atoms with Crippen LogP contribution < -0.4 is 10.9 Å². The number of hydrogen-bond donors (Lipinski definition) is 2. The fourth-order valence-corrected chi connectivity index (χ4v) is 2.89. The summed E-state index contributed by atoms with van der Waals surface area (Å²) in [6.07, 6.45) is 0.256. The second kappa shape index (κ2) is 8.08. The smallest absolute Gasteiger partial charge is 0.292 e. The van der Waals surface area contributed by atoms with Crippen molar-refractivity contribution in [3.05, 3.63) is 86.0 Å². The van der Waals surface area contributed by atoms with Crippen LogP contribution in [-0.4, -0.2) is 21.4 Å². The predicted octanol–water partition coefficient (Wildman–Crippen LogP) is 4.13. The molecule has 0 amide bonds. The second-order valence-electron chi connectivity index (χ2n) is 5.94. The highest BCUT2D eigenvalue weighted by molar-refractivity contribution is 6.33. The average Bonchev–Trinajstić information content (AvgIpc) is 2.65. The third-order valence-corrected chi connectivity index (χ3v) is 4.84. The quantitative estimate of drug-likeness (QED) is 0.666. The number of aliphatic hydroxyl groups excluding tert-OH is 1. The minimum Gasteiger partial charge on any atom is -0.386 e. The van der Waals surface area contributed by atoms with Crippen LogP contribution in [0.15, 0.2) is 53.5 Å². The molecule has 0 aliphatic rings. The number of aryl methyl sites for hydroxylation is 1. The molecular weight excluding hydrogens is 392 g/mol. The Morgan fingerprint density at radius 2 is 2.00 bits per heavy atom. The Labute approximate surface area is 165 Å². The maximum atomic E-state index is 13.7. The minimum absolute atomic E-state index is 0.0395. The Morgan fingerprint density at radius 1 is 1.26 bits per heavy atom. The molecule has 3 aromatic rings. The van der Waals surface area contributed by atoms with Crippen molar-refractivity contribution < 1.29 is 9.50 Å². The van der Waals surface area contributed by atoms with Gasteiger partial charge in [0.25, 0.3) is 5.56 Å². The van der Waals surface area contributed by atoms with Gasteiger partial charge in [0.05, 0.1) is 23.7 Å². The summed E-state index contributed by atoms with van der Waals surface area (Å²) in [6.45, 7) is 1.81. The van der Waals surface area contributed by atoms with E-state index in [1.807, 2.05) is 6.92 Å². The second-order valence-corrected chi connectivity index (χ2v) is 6.73. The molecule has 1 atom stereocenters. The summed E-state index contributed by atoms with van der Waals surface area (Å²) in [6, 6.07) is 11.0. The highest BCUT2D eigenvalue weighted by Crippen LogP contribution is 2.22. The number of aliphatic hydroxyl groups is 1. The average molecular weight is 408 g/mol. The number of nitrogens with one attached hydrogen (secondary N) is 1. The van der Waals surface area contributed by atoms with Crippen LogP contribution in [0.2, 0.25) is 10.0 Å². The maximum Gasteiger partial charge on any atom is 0.292 e. The molecule has 8 heteroatoms. The SMILES string of the molecule is Cc1ccc(-n2ncc(NCC(O)c3ccccc3F)c(Cl)c2=O)cc1Cl. The Balaban J connectivity index is 1.82. The number of aromatic nitrogens is 2. The van der Waals surface area contributed by atoms with Crippen LogP contribution in [-0.2, 0) is 0 Å². The first-order chi connectivity index (χ1) is 12.9. The zero-order valence-electron chi connectivity index (χ0n) is 14.3. The van der Waals surface area contributed by atoms with Gasteiger partial charge in [0, 0.05) is 17.1 Å². The van der Waals surface area contributed by atoms with Crippen molar-refractivity contribution in [2.45, 2.75) is 13.0 Å². The standard InChI is InChI=1S/C19H16Cl2FN3O2/c1-11-6-7-12(8-14(11)20)25-19(27)18(21)16(9-24-25)23-10-17(26)13-4-2-3-5-15(13)22/h2-9,17,23,26H,10H2,1H3. The Bertz CT molecular complexity index is 1040. The fraction of sp³-hybridized carbons (Fsp3) is 0.158. The summed E-state index contributed by atoms with van der Waals surface area (Å²) >= 11 is 12.3. The first kappa shape index (κ1) is 19.4. The van der Waals surface area contributed by atoms with E-state index in [0.29, 0.717) is 10.7 Å². The molecule has 0 radical (unpaired) electrons. The molecule has 140 valence electrons. The molecule has 0 bridgehead atoms. The van der Waals surface area contributed by atoms with Gasteiger partial charge in [-0.25, -0.2) is 4.39 Å². The number of anilines is 1. The van der Waals surface area contributed by atoms with E-state index in [0.717, 1.165) is 10.2 Å². The first-order valence-corrected chi connectivity index (χ1v) is 8.85. The first-order valence-electron chi connectivity index (χ1n) is 8.09. The number of rotatable bonds is 5. The van der Waals surface area contributed by atoms with Crippen LogP contribution in [0.1, 0.15) is 17.2 Å². The summed E-state index contributed by atoms with van der Waals surface area (Å²) in [5.41, 5.74) is 1.21. The molecule has 1 heterocycles. The lowest BCUT2D eigenvalue weighted by Gasteiger charge is -2.15. The molecule has 1 unspecified atom stereocenters. The van der Waals surface area contributed by atoms with E-state index in [1.165, 1.54) is 24.4 Å². The normalized spacial score (nSPS) is 12.0. The van der Waals surface area contributed by atoms with Gasteiger partial charge in [-0.1, -0.05) is 47.5 Å². The van der Waals surface area contributed by atoms with E-state index in [-0.39, 0.29) is 22.8 Å². The molecule has 5 nitrogen and oxygen atoms in total. The third-order valence-electron chi connectivity index (χ3n) is 4.07. The predicted molar refractivity (Wildman–Crippen MR) is 104 cm³/mol. The van der Waals surface area contributed by atoms with Gasteiger partial charge in [-0.05, 0) is 30.7 Å². The lowest BCUT2D eigenvalue weighted by molar-refractivity contribution is 0.186. The summed E-state index contributed by atoms with van der Waals surface area (Å²) in [4.78, 5) is 12.5. The molecule has 2 aromatic carbocycles. The lowest BCUT2D eigenvalue weighted by atomic mass is 10.1. The number of benzene rings is 2. The van der Waals surface area contributed by atoms with Crippen LogP contribution in [0.4, 0.5) is 10.1 Å². The van der Waals surface area contributed by atoms with E-state index in [2.05, 4.69) is 10.4 Å². The summed E-state index contributed by atoms with van der Waals surface area (Å²) in [5, 5.41) is 17.5. The zero-order valence-corrected chi connectivity index (χ0v) is 15.8. The van der Waals surface area contributed by atoms with Crippen LogP contribution in [0.3, 0.4) is 0 Å². The van der Waals surface area contributed by atoms with Gasteiger partial charge in [0.2, 0.25) is 0 Å². The third kappa shape index (κ3) is 4.13. The molecular formula is C19H16Cl2FN3O2. The van der Waals surface area contributed by atoms with E-state index in [1.54, 1.807) is 24.3 Å². The number of halogens is 3. The molecule has 1 aromatic heterocycles. The Kier molecular flexibility index (Phi) is 5.79. The van der Waals surface area contributed by atoms with E-state index < -0.39 is 17.5 Å². The van der Waals surface area contributed by atoms with Gasteiger partial charge < -0.3 is 10.4 Å². The van der Waals surface area contributed by atoms with Crippen LogP contribution in [0, 0.1) is 12.7 Å². The van der Waals surface area contributed by atoms with Gasteiger partial charge in [-0.15, -0.1) is 0 Å². The number of hydrogen-bond acceptors (Lipinski definition) is 4. The zero-order chi connectivity index (χ0) is 19.6. The molecule has 0 saturated carbocycles. The lowest BCUT2D eigenvalue weighted by Crippen LogP contribution is -2.23. The van der Waals surface area contributed by atoms with Crippen molar-refractivity contribution in [2.24, 2.45) is 0 Å². The largest absolute Gasteiger partial charge is 0.386 e. The molecule has 0 fully saturated rings. The molecule has 0 aliphatic heterocycles. The highest BCUT2D eigenvalue weighted by Gasteiger charge is 2.15. The van der Waals surface area contributed by atoms with Gasteiger partial charge >= 0.3 is 0 Å². The fourth-order valence-electron chi connectivity index (χ4n) is 2.52. The van der Waals surface area contributed by atoms with Crippen molar-refractivity contribution in [2.75, 3.05) is 11.9 Å². The van der Waals surface area contributed by atoms with Gasteiger partial charge in [0.15, 0.2) is 0 Å². The molecule has 0 saturated heterocycles. The van der Waals surface area contributed by atoms with Crippen molar-refractivity contribution >= 4 is 28.9 Å². The van der Waals surface area contributed by atoms with Crippen molar-refractivity contribution in [1.29, 1.82) is 0 Å². The van der Waals surface area contributed by atoms with Crippen molar-refractivity contribution in [1.82, 2.24) is 9.78 Å². The van der Waals surface area contributed by atoms with Gasteiger partial charge in [-0.2, -0.15) is 9.78 Å². The molecule has 0 spiro atoms. The van der Waals surface area contributed by atoms with Crippen molar-refractivity contribution in [3.63, 3.8) is 0 Å². The summed E-state index contributed by atoms with van der Waals surface area (Å²) < 4.78 is 14.9. The Hall–Kier alpha value is -2.41. The molecule has 2 N–H and O–H groups in total. The maximum absolute atomic E-state index is 13.7. The van der Waals surface area contributed by atoms with Crippen LogP contribution in [0.25, 0.3) is 5.69 Å². The monoisotopic (exact) mass is 407 g/mol. The van der Waals surface area contributed by atoms with Crippen LogP contribution >= 0.6 is 23.2 Å². The van der Waals surface area contributed by atoms with Gasteiger partial charge in [-0.3, -0.25) is 4.79 Å². The summed E-state index contributed by atoms with van der Waals surface area (Å²) in [7, 11) is 0. The Morgan fingerprint density at radius 3 is 2.70 bits per heavy atom. The molecule has 27 heavy (non-hydrogen) atoms. The highest BCUT2D eigenvalue weighted by atomic mass is 35.5. The number of nitrogens with zero attached hydrogens (tertiary/aromatic N) is 2. The molecule has 0 aliphatic carbocycles. The van der Waals surface area contributed by atoms with Crippen molar-refractivity contribution in [3.8, 4) is 5.69 Å². The molecule has 3 rings (SSSR count). The topological polar surface area (TPSA) is 67.2 Å². The van der Waals surface area contributed by atoms with E-state index >= 15 is 0 Å². The van der Waals surface area contributed by atoms with Crippen LogP contribution in [0.5, 0.6) is 0 Å². The minimum atomic E-state index is -1.11. The van der Waals surface area contributed by atoms with E-state index in [4.69, 9.17) is 23.2 Å².